The number of rotatable bonds is 1. The molecule has 3 nitrogen and oxygen atoms in total. The SMILES string of the molecule is [CH2]c1nn(-c2ccc(C(F)(F)F)cc2)c2ccc(O)cc12. The molecule has 107 valence electrons. The molecule has 1 heterocycles. The molecule has 1 N–H and O–H groups in total. The van der Waals surface area contributed by atoms with Crippen molar-refractivity contribution in [3.63, 3.8) is 0 Å². The Morgan fingerprint density at radius 1 is 1.05 bits per heavy atom. The molecule has 0 aliphatic carbocycles. The van der Waals surface area contributed by atoms with Gasteiger partial charge in [-0.2, -0.15) is 18.3 Å². The minimum atomic E-state index is -4.37. The van der Waals surface area contributed by atoms with Gasteiger partial charge in [0, 0.05) is 5.39 Å². The third-order valence-corrected chi connectivity index (χ3v) is 3.18. The Kier molecular flexibility index (Phi) is 2.90. The molecule has 1 radical (unpaired) electrons. The van der Waals surface area contributed by atoms with E-state index in [1.807, 2.05) is 0 Å². The Labute approximate surface area is 118 Å². The summed E-state index contributed by atoms with van der Waals surface area (Å²) in [6, 6.07) is 9.36. The molecule has 0 fully saturated rings. The molecule has 0 aliphatic rings. The maximum atomic E-state index is 12.6. The molecule has 0 bridgehead atoms. The van der Waals surface area contributed by atoms with Crippen LogP contribution in [-0.2, 0) is 6.18 Å². The monoisotopic (exact) mass is 291 g/mol. The third-order valence-electron chi connectivity index (χ3n) is 3.18. The fourth-order valence-electron chi connectivity index (χ4n) is 2.16. The molecule has 2 aromatic carbocycles. The van der Waals surface area contributed by atoms with Crippen molar-refractivity contribution in [2.45, 2.75) is 6.18 Å². The van der Waals surface area contributed by atoms with Gasteiger partial charge in [-0.1, -0.05) is 0 Å². The van der Waals surface area contributed by atoms with E-state index in [1.54, 1.807) is 6.07 Å². The first-order valence-corrected chi connectivity index (χ1v) is 6.07. The summed E-state index contributed by atoms with van der Waals surface area (Å²) >= 11 is 0. The fraction of sp³-hybridized carbons (Fsp3) is 0.0667. The first kappa shape index (κ1) is 13.5. The van der Waals surface area contributed by atoms with E-state index in [-0.39, 0.29) is 5.75 Å². The van der Waals surface area contributed by atoms with Crippen molar-refractivity contribution < 1.29 is 18.3 Å². The number of phenolic OH excluding ortho intramolecular Hbond substituents is 1. The first-order valence-electron chi connectivity index (χ1n) is 6.07. The molecule has 0 saturated carbocycles. The Bertz CT molecular complexity index is 804. The van der Waals surface area contributed by atoms with Crippen LogP contribution >= 0.6 is 0 Å². The molecule has 3 rings (SSSR count). The average Bonchev–Trinajstić information content (AvgIpc) is 2.75. The maximum Gasteiger partial charge on any atom is 0.416 e. The summed E-state index contributed by atoms with van der Waals surface area (Å²) in [7, 11) is 0. The minimum absolute atomic E-state index is 0.0827. The van der Waals surface area contributed by atoms with E-state index < -0.39 is 11.7 Å². The van der Waals surface area contributed by atoms with Crippen LogP contribution in [0.4, 0.5) is 13.2 Å². The summed E-state index contributed by atoms with van der Waals surface area (Å²) in [6.07, 6.45) is -4.37. The highest BCUT2D eigenvalue weighted by atomic mass is 19.4. The Morgan fingerprint density at radius 3 is 2.33 bits per heavy atom. The van der Waals surface area contributed by atoms with Gasteiger partial charge in [-0.25, -0.2) is 4.68 Å². The van der Waals surface area contributed by atoms with E-state index in [4.69, 9.17) is 0 Å². The number of benzene rings is 2. The van der Waals surface area contributed by atoms with E-state index in [0.29, 0.717) is 22.3 Å². The summed E-state index contributed by atoms with van der Waals surface area (Å²) in [5.41, 5.74) is 0.891. The van der Waals surface area contributed by atoms with Crippen LogP contribution in [0.25, 0.3) is 16.6 Å². The summed E-state index contributed by atoms with van der Waals surface area (Å²) in [4.78, 5) is 0. The Hall–Kier alpha value is -2.50. The zero-order valence-corrected chi connectivity index (χ0v) is 10.7. The number of halogens is 3. The number of aromatic nitrogens is 2. The predicted octanol–water partition coefficient (Wildman–Crippen LogP) is 3.93. The number of fused-ring (bicyclic) bond motifs is 1. The smallest absolute Gasteiger partial charge is 0.416 e. The van der Waals surface area contributed by atoms with Gasteiger partial charge in [0.1, 0.15) is 5.75 Å². The van der Waals surface area contributed by atoms with Gasteiger partial charge in [0.2, 0.25) is 0 Å². The standard InChI is InChI=1S/C15H10F3N2O/c1-9-13-8-12(21)6-7-14(13)20(19-9)11-4-2-10(3-5-11)15(16,17)18/h2-8,21H,1H2. The fourth-order valence-corrected chi connectivity index (χ4v) is 2.16. The third kappa shape index (κ3) is 2.33. The van der Waals surface area contributed by atoms with Crippen LogP contribution in [0.15, 0.2) is 42.5 Å². The Morgan fingerprint density at radius 2 is 1.71 bits per heavy atom. The summed E-state index contributed by atoms with van der Waals surface area (Å²) in [5.74, 6) is 0.0827. The highest BCUT2D eigenvalue weighted by Crippen LogP contribution is 2.30. The van der Waals surface area contributed by atoms with Gasteiger partial charge >= 0.3 is 6.18 Å². The summed E-state index contributed by atoms with van der Waals surface area (Å²) in [5, 5.41) is 14.3. The second-order valence-corrected chi connectivity index (χ2v) is 4.60. The van der Waals surface area contributed by atoms with Gasteiger partial charge in [-0.15, -0.1) is 0 Å². The van der Waals surface area contributed by atoms with Crippen LogP contribution in [0.3, 0.4) is 0 Å². The summed E-state index contributed by atoms with van der Waals surface area (Å²) in [6.45, 7) is 3.77. The van der Waals surface area contributed by atoms with E-state index in [0.717, 1.165) is 12.1 Å². The second kappa shape index (κ2) is 4.51. The van der Waals surface area contributed by atoms with Crippen molar-refractivity contribution in [1.82, 2.24) is 9.78 Å². The van der Waals surface area contributed by atoms with E-state index in [1.165, 1.54) is 28.9 Å². The van der Waals surface area contributed by atoms with Crippen molar-refractivity contribution >= 4 is 10.9 Å². The van der Waals surface area contributed by atoms with Crippen molar-refractivity contribution in [1.29, 1.82) is 0 Å². The molecular formula is C15H10F3N2O. The topological polar surface area (TPSA) is 38.0 Å². The van der Waals surface area contributed by atoms with Crippen molar-refractivity contribution in [3.8, 4) is 11.4 Å². The number of hydrogen-bond acceptors (Lipinski definition) is 2. The lowest BCUT2D eigenvalue weighted by Crippen LogP contribution is -2.05. The molecule has 0 atom stereocenters. The summed E-state index contributed by atoms with van der Waals surface area (Å²) < 4.78 is 39.2. The van der Waals surface area contributed by atoms with Crippen LogP contribution in [-0.4, -0.2) is 14.9 Å². The maximum absolute atomic E-state index is 12.6. The molecule has 1 aromatic heterocycles. The van der Waals surface area contributed by atoms with E-state index in [2.05, 4.69) is 12.0 Å². The first-order chi connectivity index (χ1) is 9.86. The van der Waals surface area contributed by atoms with Crippen LogP contribution in [0, 0.1) is 6.92 Å². The number of nitrogens with zero attached hydrogens (tertiary/aromatic N) is 2. The van der Waals surface area contributed by atoms with Gasteiger partial charge in [0.05, 0.1) is 22.5 Å². The number of phenols is 1. The van der Waals surface area contributed by atoms with Gasteiger partial charge in [-0.05, 0) is 49.4 Å². The highest BCUT2D eigenvalue weighted by Gasteiger charge is 2.30. The highest BCUT2D eigenvalue weighted by molar-refractivity contribution is 5.85. The lowest BCUT2D eigenvalue weighted by atomic mass is 10.2. The van der Waals surface area contributed by atoms with E-state index in [9.17, 15) is 18.3 Å². The van der Waals surface area contributed by atoms with Crippen LogP contribution in [0.2, 0.25) is 0 Å². The zero-order chi connectivity index (χ0) is 15.2. The molecule has 0 amide bonds. The van der Waals surface area contributed by atoms with Crippen LogP contribution in [0.1, 0.15) is 11.3 Å². The molecule has 3 aromatic rings. The average molecular weight is 291 g/mol. The molecule has 0 aliphatic heterocycles. The zero-order valence-electron chi connectivity index (χ0n) is 10.7. The number of alkyl halides is 3. The van der Waals surface area contributed by atoms with Gasteiger partial charge in [0.15, 0.2) is 0 Å². The molecule has 0 spiro atoms. The van der Waals surface area contributed by atoms with Crippen LogP contribution < -0.4 is 0 Å². The molecule has 21 heavy (non-hydrogen) atoms. The number of hydrogen-bond donors (Lipinski definition) is 1. The largest absolute Gasteiger partial charge is 0.508 e. The quantitative estimate of drug-likeness (QED) is 0.737. The second-order valence-electron chi connectivity index (χ2n) is 4.60. The lowest BCUT2D eigenvalue weighted by molar-refractivity contribution is -0.137. The Balaban J connectivity index is 2.13. The van der Waals surface area contributed by atoms with Crippen molar-refractivity contribution in [3.05, 3.63) is 60.6 Å². The van der Waals surface area contributed by atoms with Crippen molar-refractivity contribution in [2.75, 3.05) is 0 Å². The molecule has 0 unspecified atom stereocenters. The van der Waals surface area contributed by atoms with Crippen LogP contribution in [0.5, 0.6) is 5.75 Å². The van der Waals surface area contributed by atoms with Crippen molar-refractivity contribution in [2.24, 2.45) is 0 Å². The lowest BCUT2D eigenvalue weighted by Gasteiger charge is -2.08. The van der Waals surface area contributed by atoms with E-state index >= 15 is 0 Å². The normalized spacial score (nSPS) is 12.0. The van der Waals surface area contributed by atoms with Gasteiger partial charge < -0.3 is 5.11 Å². The molecule has 0 saturated heterocycles. The van der Waals surface area contributed by atoms with Gasteiger partial charge in [0.25, 0.3) is 0 Å². The molecular weight excluding hydrogens is 281 g/mol. The predicted molar refractivity (Wildman–Crippen MR) is 72.2 cm³/mol. The number of aromatic hydroxyl groups is 1. The van der Waals surface area contributed by atoms with Gasteiger partial charge in [-0.3, -0.25) is 0 Å². The minimum Gasteiger partial charge on any atom is -0.508 e. The molecule has 6 heteroatoms.